The van der Waals surface area contributed by atoms with E-state index in [0.29, 0.717) is 17.5 Å². The van der Waals surface area contributed by atoms with Crippen LogP contribution in [0.15, 0.2) is 160 Å². The lowest BCUT2D eigenvalue weighted by Crippen LogP contribution is -2.15. The van der Waals surface area contributed by atoms with Gasteiger partial charge >= 0.3 is 0 Å². The van der Waals surface area contributed by atoms with Crippen molar-refractivity contribution in [2.75, 3.05) is 0 Å². The normalized spacial score (nSPS) is 13.2. The van der Waals surface area contributed by atoms with E-state index in [1.807, 2.05) is 66.7 Å². The van der Waals surface area contributed by atoms with Crippen molar-refractivity contribution in [3.63, 3.8) is 0 Å². The van der Waals surface area contributed by atoms with E-state index in [9.17, 15) is 0 Å². The summed E-state index contributed by atoms with van der Waals surface area (Å²) in [6.07, 6.45) is 0. The highest BCUT2D eigenvalue weighted by molar-refractivity contribution is 6.08. The van der Waals surface area contributed by atoms with E-state index in [-0.39, 0.29) is 5.41 Å². The summed E-state index contributed by atoms with van der Waals surface area (Å²) < 4.78 is 12.5. The van der Waals surface area contributed by atoms with Crippen molar-refractivity contribution in [2.24, 2.45) is 0 Å². The minimum Gasteiger partial charge on any atom is -0.456 e. The molecule has 1 aliphatic carbocycles. The van der Waals surface area contributed by atoms with Crippen LogP contribution >= 0.6 is 0 Å². The van der Waals surface area contributed by atoms with Gasteiger partial charge in [0.1, 0.15) is 22.3 Å². The Bertz CT molecular complexity index is 3100. The topological polar surface area (TPSA) is 65.0 Å². The molecule has 0 saturated carbocycles. The Hall–Kier alpha value is -6.85. The molecule has 0 radical (unpaired) electrons. The molecule has 5 heteroatoms. The third-order valence-electron chi connectivity index (χ3n) is 10.9. The summed E-state index contributed by atoms with van der Waals surface area (Å²) >= 11 is 0. The Morgan fingerprint density at radius 1 is 0.358 bits per heavy atom. The highest BCUT2D eigenvalue weighted by atomic mass is 16.3. The molecule has 0 amide bonds. The molecule has 0 N–H and O–H groups in total. The van der Waals surface area contributed by atoms with Gasteiger partial charge in [0.15, 0.2) is 17.5 Å². The summed E-state index contributed by atoms with van der Waals surface area (Å²) in [5.41, 5.74) is 13.4. The van der Waals surface area contributed by atoms with E-state index in [4.69, 9.17) is 23.8 Å². The Kier molecular flexibility index (Phi) is 6.23. The van der Waals surface area contributed by atoms with Gasteiger partial charge in [0, 0.05) is 43.7 Å². The average molecular weight is 682 g/mol. The summed E-state index contributed by atoms with van der Waals surface area (Å²) in [6.45, 7) is 4.65. The molecule has 0 fully saturated rings. The van der Waals surface area contributed by atoms with Crippen molar-refractivity contribution in [1.29, 1.82) is 0 Å². The third-order valence-corrected chi connectivity index (χ3v) is 10.9. The number of nitrogens with zero attached hydrogens (tertiary/aromatic N) is 3. The second kappa shape index (κ2) is 11.1. The van der Waals surface area contributed by atoms with Crippen LogP contribution in [0.2, 0.25) is 0 Å². The fraction of sp³-hybridized carbons (Fsp3) is 0.0625. The van der Waals surface area contributed by atoms with E-state index in [2.05, 4.69) is 98.8 Å². The van der Waals surface area contributed by atoms with E-state index in [1.54, 1.807) is 0 Å². The number of para-hydroxylation sites is 2. The molecule has 1 aliphatic rings. The van der Waals surface area contributed by atoms with Gasteiger partial charge in [0.05, 0.1) is 0 Å². The Balaban J connectivity index is 1.01. The Labute approximate surface area is 305 Å². The van der Waals surface area contributed by atoms with E-state index < -0.39 is 0 Å². The number of furan rings is 2. The summed E-state index contributed by atoms with van der Waals surface area (Å²) in [6, 6.07) is 52.6. The first kappa shape index (κ1) is 29.8. The monoisotopic (exact) mass is 681 g/mol. The van der Waals surface area contributed by atoms with Crippen LogP contribution in [0, 0.1) is 0 Å². The minimum atomic E-state index is -0.181. The number of fused-ring (bicyclic) bond motifs is 9. The molecule has 0 unspecified atom stereocenters. The molecule has 0 aliphatic heterocycles. The molecule has 10 aromatic rings. The van der Waals surface area contributed by atoms with Crippen LogP contribution in [0.4, 0.5) is 0 Å². The predicted octanol–water partition coefficient (Wildman–Crippen LogP) is 12.6. The largest absolute Gasteiger partial charge is 0.456 e. The molecule has 7 aromatic carbocycles. The van der Waals surface area contributed by atoms with Crippen molar-refractivity contribution in [2.45, 2.75) is 19.3 Å². The third kappa shape index (κ3) is 4.60. The lowest BCUT2D eigenvalue weighted by atomic mass is 9.81. The van der Waals surface area contributed by atoms with Crippen LogP contribution < -0.4 is 0 Å². The Morgan fingerprint density at radius 3 is 1.64 bits per heavy atom. The maximum atomic E-state index is 6.29. The Morgan fingerprint density at radius 2 is 0.887 bits per heavy atom. The predicted molar refractivity (Wildman–Crippen MR) is 214 cm³/mol. The van der Waals surface area contributed by atoms with Crippen LogP contribution in [0.1, 0.15) is 25.0 Å². The van der Waals surface area contributed by atoms with Crippen molar-refractivity contribution < 1.29 is 8.83 Å². The molecule has 0 atom stereocenters. The van der Waals surface area contributed by atoms with Crippen LogP contribution in [-0.2, 0) is 5.41 Å². The van der Waals surface area contributed by atoms with E-state index in [1.165, 1.54) is 22.3 Å². The van der Waals surface area contributed by atoms with Gasteiger partial charge in [-0.2, -0.15) is 0 Å². The number of benzene rings is 7. The SMILES string of the molecule is CC1(C)c2cc(-c3cccc(-c4nc(-c5ccccc5)nc(-c5ccc6c(c5)oc5ccccc56)n4)c3)ccc2-c2cc3oc4ccccc4c3cc21. The molecule has 0 saturated heterocycles. The molecule has 3 aromatic heterocycles. The number of hydrogen-bond donors (Lipinski definition) is 0. The van der Waals surface area contributed by atoms with E-state index in [0.717, 1.165) is 71.7 Å². The quantitative estimate of drug-likeness (QED) is 0.185. The molecule has 3 heterocycles. The smallest absolute Gasteiger partial charge is 0.164 e. The van der Waals surface area contributed by atoms with Crippen LogP contribution in [0.5, 0.6) is 0 Å². The zero-order valence-corrected chi connectivity index (χ0v) is 29.1. The number of aromatic nitrogens is 3. The standard InChI is InChI=1S/C48H31N3O2/c1-48(2)39-24-30(19-21-33(39)37-27-44-38(26-40(37)48)35-16-7-9-18-42(35)53-44)29-13-10-14-31(23-29)46-49-45(28-11-4-3-5-12-28)50-47(51-46)32-20-22-36-34-15-6-8-17-41(34)52-43(36)25-32/h3-27H,1-2H3. The summed E-state index contributed by atoms with van der Waals surface area (Å²) in [5.74, 6) is 1.83. The molecule has 53 heavy (non-hydrogen) atoms. The summed E-state index contributed by atoms with van der Waals surface area (Å²) in [4.78, 5) is 15.1. The second-order valence-corrected chi connectivity index (χ2v) is 14.4. The molecule has 250 valence electrons. The van der Waals surface area contributed by atoms with Crippen molar-refractivity contribution in [1.82, 2.24) is 15.0 Å². The maximum Gasteiger partial charge on any atom is 0.164 e. The van der Waals surface area contributed by atoms with Crippen molar-refractivity contribution in [3.8, 4) is 56.4 Å². The lowest BCUT2D eigenvalue weighted by Gasteiger charge is -2.22. The van der Waals surface area contributed by atoms with Crippen LogP contribution in [0.25, 0.3) is 100 Å². The summed E-state index contributed by atoms with van der Waals surface area (Å²) in [5, 5.41) is 4.48. The lowest BCUT2D eigenvalue weighted by molar-refractivity contribution is 0.658. The number of hydrogen-bond acceptors (Lipinski definition) is 5. The van der Waals surface area contributed by atoms with E-state index >= 15 is 0 Å². The first-order chi connectivity index (χ1) is 26.0. The zero-order valence-electron chi connectivity index (χ0n) is 29.1. The van der Waals surface area contributed by atoms with Gasteiger partial charge in [-0.3, -0.25) is 0 Å². The first-order valence-corrected chi connectivity index (χ1v) is 17.9. The van der Waals surface area contributed by atoms with Gasteiger partial charge in [0.2, 0.25) is 0 Å². The molecule has 0 bridgehead atoms. The first-order valence-electron chi connectivity index (χ1n) is 17.9. The molecular weight excluding hydrogens is 651 g/mol. The molecule has 0 spiro atoms. The van der Waals surface area contributed by atoms with Gasteiger partial charge in [0.25, 0.3) is 0 Å². The second-order valence-electron chi connectivity index (χ2n) is 14.4. The van der Waals surface area contributed by atoms with Gasteiger partial charge in [-0.15, -0.1) is 0 Å². The fourth-order valence-electron chi connectivity index (χ4n) is 8.19. The number of rotatable bonds is 4. The van der Waals surface area contributed by atoms with Gasteiger partial charge in [-0.25, -0.2) is 15.0 Å². The summed E-state index contributed by atoms with van der Waals surface area (Å²) in [7, 11) is 0. The van der Waals surface area contributed by atoms with Crippen molar-refractivity contribution >= 4 is 43.9 Å². The highest BCUT2D eigenvalue weighted by Crippen LogP contribution is 2.51. The fourth-order valence-corrected chi connectivity index (χ4v) is 8.19. The van der Waals surface area contributed by atoms with Gasteiger partial charge in [-0.1, -0.05) is 117 Å². The average Bonchev–Trinajstić information content (AvgIpc) is 3.84. The van der Waals surface area contributed by atoms with Gasteiger partial charge < -0.3 is 8.83 Å². The van der Waals surface area contributed by atoms with Gasteiger partial charge in [-0.05, 0) is 81.9 Å². The maximum absolute atomic E-state index is 6.29. The zero-order chi connectivity index (χ0) is 35.3. The molecule has 5 nitrogen and oxygen atoms in total. The van der Waals surface area contributed by atoms with Crippen molar-refractivity contribution in [3.05, 3.63) is 163 Å². The molecular formula is C48H31N3O2. The van der Waals surface area contributed by atoms with Crippen LogP contribution in [-0.4, -0.2) is 15.0 Å². The highest BCUT2D eigenvalue weighted by Gasteiger charge is 2.36. The minimum absolute atomic E-state index is 0.181. The van der Waals surface area contributed by atoms with Crippen LogP contribution in [0.3, 0.4) is 0 Å². The molecule has 11 rings (SSSR count).